The summed E-state index contributed by atoms with van der Waals surface area (Å²) in [4.78, 5) is 12.0. The molecule has 0 saturated carbocycles. The Kier molecular flexibility index (Phi) is 7.45. The van der Waals surface area contributed by atoms with E-state index in [9.17, 15) is 23.8 Å². The summed E-state index contributed by atoms with van der Waals surface area (Å²) in [5, 5.41) is 33.0. The minimum atomic E-state index is -1.37. The van der Waals surface area contributed by atoms with E-state index in [1.54, 1.807) is 6.07 Å². The third kappa shape index (κ3) is 5.41. The van der Waals surface area contributed by atoms with Crippen molar-refractivity contribution in [3.8, 4) is 11.3 Å². The van der Waals surface area contributed by atoms with Crippen LogP contribution in [0.4, 0.5) is 8.78 Å². The molecule has 2 N–H and O–H groups in total. The van der Waals surface area contributed by atoms with Gasteiger partial charge in [0, 0.05) is 30.4 Å². The first-order valence-electron chi connectivity index (χ1n) is 11.8. The number of aromatic nitrogens is 4. The second kappa shape index (κ2) is 10.3. The van der Waals surface area contributed by atoms with Gasteiger partial charge in [-0.05, 0) is 18.6 Å². The normalized spacial score (nSPS) is 24.3. The number of esters is 1. The molecule has 1 aliphatic rings. The molecule has 3 aromatic rings. The second-order valence-corrected chi connectivity index (χ2v) is 10.2. The molecular weight excluding hydrogens is 490 g/mol. The van der Waals surface area contributed by atoms with Gasteiger partial charge in [0.05, 0.1) is 18.5 Å². The molecule has 0 radical (unpaired) electrons. The number of hydrogen-bond donors (Lipinski definition) is 2. The van der Waals surface area contributed by atoms with Crippen molar-refractivity contribution >= 4 is 5.97 Å². The number of hydrogen-bond acceptors (Lipinski definition) is 9. The van der Waals surface area contributed by atoms with Gasteiger partial charge in [0.15, 0.2) is 17.7 Å². The Morgan fingerprint density at radius 1 is 1.22 bits per heavy atom. The van der Waals surface area contributed by atoms with Gasteiger partial charge < -0.3 is 24.2 Å². The maximum atomic E-state index is 14.6. The third-order valence-corrected chi connectivity index (χ3v) is 6.34. The molecule has 1 saturated heterocycles. The number of ether oxygens (including phenoxy) is 2. The van der Waals surface area contributed by atoms with Crippen LogP contribution in [0.15, 0.2) is 28.9 Å². The summed E-state index contributed by atoms with van der Waals surface area (Å²) in [5.74, 6) is -2.08. The first-order chi connectivity index (χ1) is 17.4. The number of aryl methyl sites for hydroxylation is 1. The SMILES string of the molecule is CC(=O)O[C@@H]1[C@@H](n2cc(-c3ccc(C)c(F)c3F)nn2)[C@@H](O)[C@@H](CO)O[C@@H]1Cc1cc(C(C)(C)C)on1. The van der Waals surface area contributed by atoms with Crippen molar-refractivity contribution in [2.45, 2.75) is 76.9 Å². The van der Waals surface area contributed by atoms with Crippen LogP contribution in [0.5, 0.6) is 0 Å². The van der Waals surface area contributed by atoms with Gasteiger partial charge in [0.2, 0.25) is 0 Å². The molecule has 1 aliphatic heterocycles. The zero-order chi connectivity index (χ0) is 27.1. The maximum absolute atomic E-state index is 14.6. The molecule has 2 aromatic heterocycles. The lowest BCUT2D eigenvalue weighted by Gasteiger charge is -2.43. The number of rotatable bonds is 6. The lowest BCUT2D eigenvalue weighted by molar-refractivity contribution is -0.217. The molecule has 0 spiro atoms. The van der Waals surface area contributed by atoms with Crippen LogP contribution in [0.3, 0.4) is 0 Å². The summed E-state index contributed by atoms with van der Waals surface area (Å²) < 4.78 is 46.9. The van der Waals surface area contributed by atoms with E-state index in [-0.39, 0.29) is 28.7 Å². The topological polar surface area (TPSA) is 133 Å². The molecule has 0 amide bonds. The van der Waals surface area contributed by atoms with Crippen LogP contribution in [0.2, 0.25) is 0 Å². The van der Waals surface area contributed by atoms with Gasteiger partial charge in [0.25, 0.3) is 0 Å². The van der Waals surface area contributed by atoms with Crippen LogP contribution < -0.4 is 0 Å². The summed E-state index contributed by atoms with van der Waals surface area (Å²) in [6.45, 7) is 8.02. The van der Waals surface area contributed by atoms with Crippen molar-refractivity contribution in [3.05, 3.63) is 53.0 Å². The number of nitrogens with zero attached hydrogens (tertiary/aromatic N) is 4. The highest BCUT2D eigenvalue weighted by Crippen LogP contribution is 2.35. The predicted octanol–water partition coefficient (Wildman–Crippen LogP) is 2.65. The first-order valence-corrected chi connectivity index (χ1v) is 11.8. The van der Waals surface area contributed by atoms with Crippen LogP contribution in [-0.4, -0.2) is 67.4 Å². The minimum absolute atomic E-state index is 0.0140. The predicted molar refractivity (Wildman–Crippen MR) is 125 cm³/mol. The zero-order valence-corrected chi connectivity index (χ0v) is 21.2. The zero-order valence-electron chi connectivity index (χ0n) is 21.2. The van der Waals surface area contributed by atoms with Gasteiger partial charge in [-0.25, -0.2) is 13.5 Å². The van der Waals surface area contributed by atoms with E-state index in [4.69, 9.17) is 14.0 Å². The van der Waals surface area contributed by atoms with E-state index >= 15 is 0 Å². The summed E-state index contributed by atoms with van der Waals surface area (Å²) >= 11 is 0. The fourth-order valence-electron chi connectivity index (χ4n) is 4.33. The van der Waals surface area contributed by atoms with Gasteiger partial charge in [-0.2, -0.15) is 0 Å². The molecule has 1 aromatic carbocycles. The number of benzene rings is 1. The Hall–Kier alpha value is -3.22. The number of carbonyl (C=O) groups is 1. The van der Waals surface area contributed by atoms with Crippen LogP contribution in [-0.2, 0) is 26.1 Å². The van der Waals surface area contributed by atoms with Crippen LogP contribution in [0.25, 0.3) is 11.3 Å². The van der Waals surface area contributed by atoms with Gasteiger partial charge in [0.1, 0.15) is 35.8 Å². The smallest absolute Gasteiger partial charge is 0.303 e. The molecule has 37 heavy (non-hydrogen) atoms. The summed E-state index contributed by atoms with van der Waals surface area (Å²) in [6, 6.07) is 3.50. The van der Waals surface area contributed by atoms with E-state index in [1.807, 2.05) is 20.8 Å². The van der Waals surface area contributed by atoms with Crippen molar-refractivity contribution in [3.63, 3.8) is 0 Å². The number of halogens is 2. The Balaban J connectivity index is 1.71. The molecule has 0 bridgehead atoms. The summed E-state index contributed by atoms with van der Waals surface area (Å²) in [7, 11) is 0. The molecule has 10 nitrogen and oxygen atoms in total. The van der Waals surface area contributed by atoms with E-state index in [0.717, 1.165) is 0 Å². The number of carbonyl (C=O) groups excluding carboxylic acids is 1. The highest BCUT2D eigenvalue weighted by molar-refractivity contribution is 5.66. The largest absolute Gasteiger partial charge is 0.457 e. The molecule has 1 fully saturated rings. The van der Waals surface area contributed by atoms with Crippen molar-refractivity contribution in [2.24, 2.45) is 0 Å². The lowest BCUT2D eigenvalue weighted by atomic mass is 9.89. The Morgan fingerprint density at radius 2 is 1.95 bits per heavy atom. The Bertz CT molecular complexity index is 1270. The van der Waals surface area contributed by atoms with Crippen LogP contribution in [0.1, 0.15) is 50.8 Å². The van der Waals surface area contributed by atoms with Gasteiger partial charge >= 0.3 is 5.97 Å². The van der Waals surface area contributed by atoms with Crippen molar-refractivity contribution in [1.82, 2.24) is 20.2 Å². The fraction of sp³-hybridized carbons (Fsp3) is 0.520. The highest BCUT2D eigenvalue weighted by Gasteiger charge is 2.49. The fourth-order valence-corrected chi connectivity index (χ4v) is 4.33. The molecule has 12 heteroatoms. The van der Waals surface area contributed by atoms with E-state index in [2.05, 4.69) is 15.5 Å². The monoisotopic (exact) mass is 520 g/mol. The standard InChI is InChI=1S/C25H30F2N4O6/c1-12-6-7-15(21(27)20(12)26)16-10-31(30-28-16)22-23(34)18(11-32)36-17(24(22)35-13(2)33)8-14-9-19(37-29-14)25(3,4)5/h6-7,9-10,17-18,22-24,32,34H,8,11H2,1-5H3/t17-,18-,22+,23+,24+/m1/s1. The average Bonchev–Trinajstić information content (AvgIpc) is 3.49. The van der Waals surface area contributed by atoms with Gasteiger partial charge in [-0.1, -0.05) is 37.2 Å². The number of aliphatic hydroxyl groups is 2. The molecule has 4 rings (SSSR count). The lowest BCUT2D eigenvalue weighted by Crippen LogP contribution is -2.57. The quantitative estimate of drug-likeness (QED) is 0.471. The molecular formula is C25H30F2N4O6. The molecule has 200 valence electrons. The van der Waals surface area contributed by atoms with Gasteiger partial charge in [-0.3, -0.25) is 4.79 Å². The molecule has 3 heterocycles. The Labute approximate surface area is 212 Å². The highest BCUT2D eigenvalue weighted by atomic mass is 19.2. The van der Waals surface area contributed by atoms with E-state index < -0.39 is 54.7 Å². The van der Waals surface area contributed by atoms with Crippen molar-refractivity contribution in [1.29, 1.82) is 0 Å². The number of aliphatic hydroxyl groups excluding tert-OH is 2. The van der Waals surface area contributed by atoms with Crippen molar-refractivity contribution in [2.75, 3.05) is 6.61 Å². The van der Waals surface area contributed by atoms with Crippen LogP contribution >= 0.6 is 0 Å². The van der Waals surface area contributed by atoms with Crippen LogP contribution in [0, 0.1) is 18.6 Å². The average molecular weight is 521 g/mol. The van der Waals surface area contributed by atoms with Crippen molar-refractivity contribution < 1.29 is 37.8 Å². The first kappa shape index (κ1) is 26.8. The van der Waals surface area contributed by atoms with E-state index in [0.29, 0.717) is 11.5 Å². The third-order valence-electron chi connectivity index (χ3n) is 6.34. The second-order valence-electron chi connectivity index (χ2n) is 10.2. The summed E-state index contributed by atoms with van der Waals surface area (Å²) in [6.07, 6.45) is -2.91. The molecule has 0 unspecified atom stereocenters. The van der Waals surface area contributed by atoms with Gasteiger partial charge in [-0.15, -0.1) is 5.10 Å². The minimum Gasteiger partial charge on any atom is -0.457 e. The summed E-state index contributed by atoms with van der Waals surface area (Å²) in [5.41, 5.74) is 0.268. The van der Waals surface area contributed by atoms with E-state index in [1.165, 1.54) is 36.9 Å². The molecule has 0 aliphatic carbocycles. The Morgan fingerprint density at radius 3 is 2.57 bits per heavy atom. The molecule has 5 atom stereocenters. The maximum Gasteiger partial charge on any atom is 0.303 e.